The zero-order valence-corrected chi connectivity index (χ0v) is 20.4. The van der Waals surface area contributed by atoms with Crippen LogP contribution in [0.25, 0.3) is 10.9 Å². The number of ether oxygens (including phenoxy) is 2. The molecule has 198 valence electrons. The Labute approximate surface area is 216 Å². The highest BCUT2D eigenvalue weighted by molar-refractivity contribution is 5.95. The SMILES string of the molecule is Cn1cc([C@@H](NC(=O)c2ccc3cnc(NC4CCOCC4)cc3n2)c2ccc(OC(F)(F)F)cc2)cn1. The van der Waals surface area contributed by atoms with E-state index in [0.717, 1.165) is 18.2 Å². The van der Waals surface area contributed by atoms with Crippen LogP contribution in [0.3, 0.4) is 0 Å². The second-order valence-electron chi connectivity index (χ2n) is 8.96. The first-order chi connectivity index (χ1) is 18.2. The summed E-state index contributed by atoms with van der Waals surface area (Å²) in [6.45, 7) is 1.40. The number of aromatic nitrogens is 4. The van der Waals surface area contributed by atoms with Gasteiger partial charge < -0.3 is 20.1 Å². The van der Waals surface area contributed by atoms with Crippen molar-refractivity contribution in [1.82, 2.24) is 25.1 Å². The summed E-state index contributed by atoms with van der Waals surface area (Å²) in [6.07, 6.45) is 1.98. The third-order valence-electron chi connectivity index (χ3n) is 6.16. The number of fused-ring (bicyclic) bond motifs is 1. The summed E-state index contributed by atoms with van der Waals surface area (Å²) in [6, 6.07) is 10.1. The van der Waals surface area contributed by atoms with Gasteiger partial charge in [0.15, 0.2) is 0 Å². The van der Waals surface area contributed by atoms with Crippen molar-refractivity contribution in [2.75, 3.05) is 18.5 Å². The Kier molecular flexibility index (Phi) is 7.14. The van der Waals surface area contributed by atoms with Gasteiger partial charge in [0.05, 0.1) is 17.8 Å². The molecule has 3 aromatic heterocycles. The number of benzene rings is 1. The van der Waals surface area contributed by atoms with Gasteiger partial charge in [0, 0.05) is 55.7 Å². The third-order valence-corrected chi connectivity index (χ3v) is 6.16. The number of amides is 1. The predicted molar refractivity (Wildman–Crippen MR) is 133 cm³/mol. The average Bonchev–Trinajstić information content (AvgIpc) is 3.33. The number of pyridine rings is 2. The van der Waals surface area contributed by atoms with Crippen molar-refractivity contribution in [2.24, 2.45) is 7.05 Å². The monoisotopic (exact) mass is 526 g/mol. The molecule has 1 aliphatic heterocycles. The highest BCUT2D eigenvalue weighted by Crippen LogP contribution is 2.27. The van der Waals surface area contributed by atoms with Crippen LogP contribution in [0.4, 0.5) is 19.0 Å². The van der Waals surface area contributed by atoms with Crippen LogP contribution < -0.4 is 15.4 Å². The summed E-state index contributed by atoms with van der Waals surface area (Å²) in [4.78, 5) is 22.3. The molecule has 0 bridgehead atoms. The van der Waals surface area contributed by atoms with E-state index in [1.54, 1.807) is 48.5 Å². The number of nitrogens with zero attached hydrogens (tertiary/aromatic N) is 4. The van der Waals surface area contributed by atoms with Crippen molar-refractivity contribution >= 4 is 22.6 Å². The maximum absolute atomic E-state index is 13.3. The molecule has 1 atom stereocenters. The van der Waals surface area contributed by atoms with E-state index in [0.29, 0.717) is 35.7 Å². The van der Waals surface area contributed by atoms with Crippen LogP contribution in [0.15, 0.2) is 61.1 Å². The van der Waals surface area contributed by atoms with Gasteiger partial charge in [-0.05, 0) is 42.7 Å². The Bertz CT molecular complexity index is 1420. The topological polar surface area (TPSA) is 103 Å². The molecule has 2 N–H and O–H groups in total. The van der Waals surface area contributed by atoms with E-state index in [9.17, 15) is 18.0 Å². The smallest absolute Gasteiger partial charge is 0.406 e. The number of aryl methyl sites for hydroxylation is 1. The molecule has 1 aromatic carbocycles. The second-order valence-corrected chi connectivity index (χ2v) is 8.96. The minimum Gasteiger partial charge on any atom is -0.406 e. The summed E-state index contributed by atoms with van der Waals surface area (Å²) in [5.74, 6) is -0.136. The molecule has 0 saturated carbocycles. The Morgan fingerprint density at radius 1 is 1.11 bits per heavy atom. The first-order valence-corrected chi connectivity index (χ1v) is 12.0. The predicted octanol–water partition coefficient (Wildman–Crippen LogP) is 4.37. The first-order valence-electron chi connectivity index (χ1n) is 12.0. The van der Waals surface area contributed by atoms with Crippen molar-refractivity contribution in [3.63, 3.8) is 0 Å². The maximum Gasteiger partial charge on any atom is 0.573 e. The van der Waals surface area contributed by atoms with Gasteiger partial charge in [-0.2, -0.15) is 5.10 Å². The Morgan fingerprint density at radius 3 is 2.55 bits per heavy atom. The molecule has 0 aliphatic carbocycles. The van der Waals surface area contributed by atoms with Crippen LogP contribution >= 0.6 is 0 Å². The van der Waals surface area contributed by atoms with Gasteiger partial charge in [-0.15, -0.1) is 13.2 Å². The zero-order chi connectivity index (χ0) is 26.7. The van der Waals surface area contributed by atoms with Crippen LogP contribution in [0.2, 0.25) is 0 Å². The number of hydrogen-bond acceptors (Lipinski definition) is 7. The van der Waals surface area contributed by atoms with Gasteiger partial charge in [0.25, 0.3) is 5.91 Å². The summed E-state index contributed by atoms with van der Waals surface area (Å²) in [5, 5.41) is 11.3. The van der Waals surface area contributed by atoms with Crippen LogP contribution in [0, 0.1) is 0 Å². The number of alkyl halides is 3. The van der Waals surface area contributed by atoms with Crippen molar-refractivity contribution in [1.29, 1.82) is 0 Å². The number of anilines is 1. The van der Waals surface area contributed by atoms with E-state index < -0.39 is 18.3 Å². The van der Waals surface area contributed by atoms with Crippen LogP contribution in [0.5, 0.6) is 5.75 Å². The molecule has 12 heteroatoms. The van der Waals surface area contributed by atoms with Crippen molar-refractivity contribution in [3.8, 4) is 5.75 Å². The molecule has 9 nitrogen and oxygen atoms in total. The molecular weight excluding hydrogens is 501 g/mol. The van der Waals surface area contributed by atoms with Crippen molar-refractivity contribution < 1.29 is 27.4 Å². The Morgan fingerprint density at radius 2 is 1.87 bits per heavy atom. The summed E-state index contributed by atoms with van der Waals surface area (Å²) in [7, 11) is 1.73. The molecule has 1 saturated heterocycles. The Balaban J connectivity index is 1.38. The van der Waals surface area contributed by atoms with E-state index in [-0.39, 0.29) is 17.5 Å². The molecule has 1 amide bonds. The number of carbonyl (C=O) groups excluding carboxylic acids is 1. The zero-order valence-electron chi connectivity index (χ0n) is 20.4. The second kappa shape index (κ2) is 10.7. The molecule has 38 heavy (non-hydrogen) atoms. The number of halogens is 3. The molecule has 0 spiro atoms. The fourth-order valence-electron chi connectivity index (χ4n) is 4.29. The summed E-state index contributed by atoms with van der Waals surface area (Å²) in [5.41, 5.74) is 1.99. The third kappa shape index (κ3) is 6.20. The van der Waals surface area contributed by atoms with E-state index >= 15 is 0 Å². The Hall–Kier alpha value is -4.19. The van der Waals surface area contributed by atoms with Crippen LogP contribution in [-0.2, 0) is 11.8 Å². The minimum absolute atomic E-state index is 0.187. The van der Waals surface area contributed by atoms with E-state index in [1.165, 1.54) is 24.3 Å². The number of rotatable bonds is 7. The lowest BCUT2D eigenvalue weighted by Crippen LogP contribution is -2.30. The minimum atomic E-state index is -4.80. The van der Waals surface area contributed by atoms with Gasteiger partial charge in [-0.25, -0.2) is 9.97 Å². The normalized spacial score (nSPS) is 15.3. The lowest BCUT2D eigenvalue weighted by molar-refractivity contribution is -0.274. The van der Waals surface area contributed by atoms with E-state index in [2.05, 4.69) is 30.4 Å². The summed E-state index contributed by atoms with van der Waals surface area (Å²) < 4.78 is 48.6. The fourth-order valence-corrected chi connectivity index (χ4v) is 4.29. The molecule has 4 heterocycles. The molecule has 5 rings (SSSR count). The quantitative estimate of drug-likeness (QED) is 0.369. The molecule has 0 radical (unpaired) electrons. The fraction of sp³-hybridized carbons (Fsp3) is 0.308. The molecule has 0 unspecified atom stereocenters. The molecule has 4 aromatic rings. The summed E-state index contributed by atoms with van der Waals surface area (Å²) >= 11 is 0. The molecule has 1 aliphatic rings. The van der Waals surface area contributed by atoms with Gasteiger partial charge in [-0.1, -0.05) is 12.1 Å². The van der Waals surface area contributed by atoms with E-state index in [4.69, 9.17) is 4.74 Å². The van der Waals surface area contributed by atoms with Gasteiger partial charge in [-0.3, -0.25) is 9.48 Å². The number of hydrogen-bond donors (Lipinski definition) is 2. The van der Waals surface area contributed by atoms with Gasteiger partial charge in [0.1, 0.15) is 17.3 Å². The highest BCUT2D eigenvalue weighted by atomic mass is 19.4. The van der Waals surface area contributed by atoms with Crippen molar-refractivity contribution in [2.45, 2.75) is 31.3 Å². The largest absolute Gasteiger partial charge is 0.573 e. The van der Waals surface area contributed by atoms with Gasteiger partial charge >= 0.3 is 6.36 Å². The van der Waals surface area contributed by atoms with Gasteiger partial charge in [0.2, 0.25) is 0 Å². The van der Waals surface area contributed by atoms with E-state index in [1.807, 2.05) is 0 Å². The highest BCUT2D eigenvalue weighted by Gasteiger charge is 2.31. The van der Waals surface area contributed by atoms with Crippen LogP contribution in [0.1, 0.15) is 40.5 Å². The number of carbonyl (C=O) groups is 1. The van der Waals surface area contributed by atoms with Crippen LogP contribution in [-0.4, -0.2) is 51.3 Å². The standard InChI is InChI=1S/C26H25F3N6O3/c1-35-15-18(14-31-35)24(16-2-5-20(6-3-16)38-26(27,28)29)34-25(36)21-7-4-17-13-30-23(12-22(17)33-21)32-19-8-10-37-11-9-19/h2-7,12-15,19,24H,8-11H2,1H3,(H,30,32)(H,34,36)/t24-/m0/s1. The maximum atomic E-state index is 13.3. The molecular formula is C26H25F3N6O3. The average molecular weight is 527 g/mol. The lowest BCUT2D eigenvalue weighted by atomic mass is 10.0. The molecule has 1 fully saturated rings. The number of nitrogens with one attached hydrogen (secondary N) is 2. The van der Waals surface area contributed by atoms with Crippen molar-refractivity contribution in [3.05, 3.63) is 77.9 Å². The lowest BCUT2D eigenvalue weighted by Gasteiger charge is -2.23. The first kappa shape index (κ1) is 25.5.